The number of anilines is 1. The number of benzene rings is 1. The van der Waals surface area contributed by atoms with Crippen LogP contribution in [0.1, 0.15) is 43.7 Å². The molecule has 0 saturated heterocycles. The summed E-state index contributed by atoms with van der Waals surface area (Å²) in [6, 6.07) is 6.77. The van der Waals surface area contributed by atoms with Crippen LogP contribution >= 0.6 is 0 Å². The zero-order chi connectivity index (χ0) is 10.5. The molecule has 1 aromatic carbocycles. The van der Waals surface area contributed by atoms with E-state index in [-0.39, 0.29) is 0 Å². The minimum absolute atomic E-state index is 1.15. The van der Waals surface area contributed by atoms with Gasteiger partial charge in [-0.15, -0.1) is 0 Å². The third-order valence-electron chi connectivity index (χ3n) is 3.21. The molecule has 0 saturated carbocycles. The summed E-state index contributed by atoms with van der Waals surface area (Å²) in [6.07, 6.45) is 7.76. The van der Waals surface area contributed by atoms with Crippen LogP contribution in [0.25, 0.3) is 0 Å². The summed E-state index contributed by atoms with van der Waals surface area (Å²) in [6.45, 7) is 3.41. The lowest BCUT2D eigenvalue weighted by Crippen LogP contribution is -2.13. The van der Waals surface area contributed by atoms with Gasteiger partial charge < -0.3 is 5.32 Å². The first-order valence-corrected chi connectivity index (χ1v) is 6.26. The molecule has 0 bridgehead atoms. The van der Waals surface area contributed by atoms with Gasteiger partial charge in [-0.2, -0.15) is 0 Å². The quantitative estimate of drug-likeness (QED) is 0.734. The normalized spacial score (nSPS) is 14.5. The Morgan fingerprint density at radius 2 is 2.20 bits per heavy atom. The van der Waals surface area contributed by atoms with E-state index in [0.717, 1.165) is 6.54 Å². The Kier molecular flexibility index (Phi) is 3.65. The van der Waals surface area contributed by atoms with Gasteiger partial charge >= 0.3 is 0 Å². The van der Waals surface area contributed by atoms with Gasteiger partial charge in [-0.3, -0.25) is 0 Å². The Bertz CT molecular complexity index is 317. The Morgan fingerprint density at radius 3 is 3.07 bits per heavy atom. The van der Waals surface area contributed by atoms with Crippen LogP contribution in [0.5, 0.6) is 0 Å². The molecule has 1 heterocycles. The lowest BCUT2D eigenvalue weighted by molar-refractivity contribution is 0.714. The topological polar surface area (TPSA) is 12.0 Å². The van der Waals surface area contributed by atoms with Gasteiger partial charge in [0.05, 0.1) is 0 Å². The van der Waals surface area contributed by atoms with Crippen molar-refractivity contribution in [3.05, 3.63) is 29.3 Å². The highest BCUT2D eigenvalue weighted by Crippen LogP contribution is 2.27. The van der Waals surface area contributed by atoms with Gasteiger partial charge in [-0.05, 0) is 36.8 Å². The summed E-state index contributed by atoms with van der Waals surface area (Å²) in [5.41, 5.74) is 4.50. The highest BCUT2D eigenvalue weighted by atomic mass is 14.9. The predicted octanol–water partition coefficient (Wildman–Crippen LogP) is 3.78. The van der Waals surface area contributed by atoms with Gasteiger partial charge in [-0.1, -0.05) is 38.0 Å². The van der Waals surface area contributed by atoms with E-state index >= 15 is 0 Å². The maximum atomic E-state index is 3.56. The highest BCUT2D eigenvalue weighted by Gasteiger charge is 2.11. The van der Waals surface area contributed by atoms with Gasteiger partial charge in [-0.25, -0.2) is 0 Å². The van der Waals surface area contributed by atoms with Crippen molar-refractivity contribution >= 4 is 5.69 Å². The monoisotopic (exact) mass is 203 g/mol. The van der Waals surface area contributed by atoms with Crippen LogP contribution in [-0.4, -0.2) is 6.54 Å². The molecule has 0 radical (unpaired) electrons. The second kappa shape index (κ2) is 5.20. The Balaban J connectivity index is 2.09. The van der Waals surface area contributed by atoms with E-state index in [1.807, 2.05) is 0 Å². The van der Waals surface area contributed by atoms with Crippen LogP contribution in [0.15, 0.2) is 18.2 Å². The van der Waals surface area contributed by atoms with E-state index in [4.69, 9.17) is 0 Å². The molecule has 0 spiro atoms. The molecule has 1 aliphatic heterocycles. The van der Waals surface area contributed by atoms with E-state index in [1.165, 1.54) is 55.3 Å². The van der Waals surface area contributed by atoms with Crippen molar-refractivity contribution in [2.24, 2.45) is 0 Å². The first-order valence-electron chi connectivity index (χ1n) is 6.26. The third kappa shape index (κ3) is 2.53. The molecule has 0 unspecified atom stereocenters. The van der Waals surface area contributed by atoms with Gasteiger partial charge in [0.25, 0.3) is 0 Å². The summed E-state index contributed by atoms with van der Waals surface area (Å²) in [7, 11) is 0. The molecule has 0 amide bonds. The van der Waals surface area contributed by atoms with Crippen molar-refractivity contribution in [2.75, 3.05) is 11.9 Å². The van der Waals surface area contributed by atoms with Gasteiger partial charge in [0.15, 0.2) is 0 Å². The summed E-state index contributed by atoms with van der Waals surface area (Å²) in [5.74, 6) is 0. The Hall–Kier alpha value is -0.980. The lowest BCUT2D eigenvalue weighted by atomic mass is 9.96. The molecule has 1 aromatic rings. The average Bonchev–Trinajstić information content (AvgIpc) is 2.30. The molecule has 0 aromatic heterocycles. The first kappa shape index (κ1) is 10.5. The van der Waals surface area contributed by atoms with Crippen molar-refractivity contribution in [1.82, 2.24) is 0 Å². The largest absolute Gasteiger partial charge is 0.385 e. The van der Waals surface area contributed by atoms with Crippen molar-refractivity contribution < 1.29 is 0 Å². The minimum Gasteiger partial charge on any atom is -0.385 e. The van der Waals surface area contributed by atoms with Crippen LogP contribution in [-0.2, 0) is 12.8 Å². The zero-order valence-corrected chi connectivity index (χ0v) is 9.68. The van der Waals surface area contributed by atoms with E-state index in [0.29, 0.717) is 0 Å². The Labute approximate surface area is 92.9 Å². The number of hydrogen-bond donors (Lipinski definition) is 1. The fraction of sp³-hybridized carbons (Fsp3) is 0.571. The van der Waals surface area contributed by atoms with Crippen LogP contribution < -0.4 is 5.32 Å². The number of fused-ring (bicyclic) bond motifs is 1. The van der Waals surface area contributed by atoms with Crippen molar-refractivity contribution in [3.8, 4) is 0 Å². The Morgan fingerprint density at radius 1 is 1.27 bits per heavy atom. The number of rotatable bonds is 4. The molecule has 82 valence electrons. The van der Waals surface area contributed by atoms with Crippen LogP contribution in [0, 0.1) is 0 Å². The predicted molar refractivity (Wildman–Crippen MR) is 66.5 cm³/mol. The standard InChI is InChI=1S/C14H21N/c1-2-3-4-7-12-8-5-9-13-10-6-11-15-14(12)13/h5,8-9,15H,2-4,6-7,10-11H2,1H3. The molecule has 15 heavy (non-hydrogen) atoms. The molecule has 1 N–H and O–H groups in total. The molecule has 2 rings (SSSR count). The first-order chi connectivity index (χ1) is 7.42. The van der Waals surface area contributed by atoms with Crippen molar-refractivity contribution in [3.63, 3.8) is 0 Å². The van der Waals surface area contributed by atoms with E-state index < -0.39 is 0 Å². The van der Waals surface area contributed by atoms with Crippen LogP contribution in [0.2, 0.25) is 0 Å². The van der Waals surface area contributed by atoms with Crippen molar-refractivity contribution in [2.45, 2.75) is 45.4 Å². The second-order valence-corrected chi connectivity index (χ2v) is 4.44. The number of aryl methyl sites for hydroxylation is 2. The van der Waals surface area contributed by atoms with Gasteiger partial charge in [0.1, 0.15) is 0 Å². The number of hydrogen-bond acceptors (Lipinski definition) is 1. The summed E-state index contributed by atoms with van der Waals surface area (Å²) in [5, 5.41) is 3.56. The third-order valence-corrected chi connectivity index (χ3v) is 3.21. The molecule has 0 aliphatic carbocycles. The fourth-order valence-electron chi connectivity index (χ4n) is 2.35. The number of unbranched alkanes of at least 4 members (excludes halogenated alkanes) is 2. The van der Waals surface area contributed by atoms with Crippen molar-refractivity contribution in [1.29, 1.82) is 0 Å². The van der Waals surface area contributed by atoms with E-state index in [1.54, 1.807) is 0 Å². The highest BCUT2D eigenvalue weighted by molar-refractivity contribution is 5.59. The zero-order valence-electron chi connectivity index (χ0n) is 9.68. The molecular weight excluding hydrogens is 182 g/mol. The number of nitrogens with one attached hydrogen (secondary N) is 1. The smallest absolute Gasteiger partial charge is 0.0405 e. The maximum Gasteiger partial charge on any atom is 0.0405 e. The summed E-state index contributed by atoms with van der Waals surface area (Å²) < 4.78 is 0. The van der Waals surface area contributed by atoms with Crippen LogP contribution in [0.3, 0.4) is 0 Å². The summed E-state index contributed by atoms with van der Waals surface area (Å²) >= 11 is 0. The minimum atomic E-state index is 1.15. The summed E-state index contributed by atoms with van der Waals surface area (Å²) in [4.78, 5) is 0. The molecule has 0 atom stereocenters. The molecule has 1 aliphatic rings. The van der Waals surface area contributed by atoms with Gasteiger partial charge in [0, 0.05) is 12.2 Å². The number of para-hydroxylation sites is 1. The SMILES string of the molecule is CCCCCc1cccc2c1NCCC2. The second-order valence-electron chi connectivity index (χ2n) is 4.44. The average molecular weight is 203 g/mol. The molecule has 1 nitrogen and oxygen atoms in total. The molecular formula is C14H21N. The van der Waals surface area contributed by atoms with E-state index in [2.05, 4.69) is 30.4 Å². The molecule has 0 fully saturated rings. The maximum absolute atomic E-state index is 3.56. The van der Waals surface area contributed by atoms with E-state index in [9.17, 15) is 0 Å². The molecule has 1 heteroatoms. The van der Waals surface area contributed by atoms with Crippen LogP contribution in [0.4, 0.5) is 5.69 Å². The lowest BCUT2D eigenvalue weighted by Gasteiger charge is -2.21. The van der Waals surface area contributed by atoms with Gasteiger partial charge in [0.2, 0.25) is 0 Å². The fourth-order valence-corrected chi connectivity index (χ4v) is 2.35.